The van der Waals surface area contributed by atoms with Gasteiger partial charge in [-0.3, -0.25) is 14.4 Å². The standard InChI is InChI=1S/C78H106N2O8/c1-59(24-45-74(81)86-54-22-18-14-10-6-4-8-12-16-20-52-84-67-38-33-64(34-39-67)62-29-25-60(57-79)26-30-62)71-43-44-72-70-42-37-66-56-69(48-50-77(66,2)73(70)49-51-78(71,72)3)88-76(83)47-46-75(82)87-55-23-19-15-11-7-5-9-13-17-21-53-85-68-40-35-65(36-41-68)63-31-27-61(58-80)28-32-63/h25-36,38-41,59,66,69-73H,4-24,37,42-56H2,1-3H3/t59-,66-,69+,70+,71-,72+,73+,77+,78-/m1/s1. The lowest BCUT2D eigenvalue weighted by Gasteiger charge is -2.61. The van der Waals surface area contributed by atoms with E-state index in [1.165, 1.54) is 122 Å². The Balaban J connectivity index is 0.583. The summed E-state index contributed by atoms with van der Waals surface area (Å²) in [7, 11) is 0. The predicted octanol–water partition coefficient (Wildman–Crippen LogP) is 19.9. The molecule has 0 saturated heterocycles. The Morgan fingerprint density at radius 3 is 1.32 bits per heavy atom. The fourth-order valence-electron chi connectivity index (χ4n) is 16.4. The molecule has 4 fully saturated rings. The number of carbonyl (C=O) groups is 3. The molecule has 0 aromatic heterocycles. The van der Waals surface area contributed by atoms with Crippen LogP contribution in [0.3, 0.4) is 0 Å². The van der Waals surface area contributed by atoms with E-state index in [1.54, 1.807) is 0 Å². The topological polar surface area (TPSA) is 145 Å². The molecule has 10 heteroatoms. The molecule has 88 heavy (non-hydrogen) atoms. The summed E-state index contributed by atoms with van der Waals surface area (Å²) in [6, 6.07) is 36.0. The van der Waals surface area contributed by atoms with Crippen LogP contribution in [0.15, 0.2) is 97.1 Å². The number of hydrogen-bond acceptors (Lipinski definition) is 10. The number of rotatable bonds is 38. The largest absolute Gasteiger partial charge is 0.494 e. The van der Waals surface area contributed by atoms with Crippen LogP contribution in [0.25, 0.3) is 22.3 Å². The molecule has 4 aliphatic rings. The first-order chi connectivity index (χ1) is 42.9. The van der Waals surface area contributed by atoms with Crippen molar-refractivity contribution < 1.29 is 38.1 Å². The van der Waals surface area contributed by atoms with Crippen molar-refractivity contribution in [3.05, 3.63) is 108 Å². The van der Waals surface area contributed by atoms with E-state index in [1.807, 2.05) is 72.8 Å². The number of ether oxygens (including phenoxy) is 5. The molecule has 0 N–H and O–H groups in total. The van der Waals surface area contributed by atoms with Crippen molar-refractivity contribution in [2.75, 3.05) is 26.4 Å². The third-order valence-corrected chi connectivity index (χ3v) is 21.6. The molecule has 9 atom stereocenters. The zero-order valence-electron chi connectivity index (χ0n) is 54.1. The summed E-state index contributed by atoms with van der Waals surface area (Å²) in [5.41, 5.74) is 6.39. The second-order valence-electron chi connectivity index (χ2n) is 27.4. The highest BCUT2D eigenvalue weighted by molar-refractivity contribution is 5.77. The van der Waals surface area contributed by atoms with Gasteiger partial charge >= 0.3 is 17.9 Å². The van der Waals surface area contributed by atoms with Gasteiger partial charge in [0.15, 0.2) is 0 Å². The van der Waals surface area contributed by atoms with E-state index in [0.717, 1.165) is 135 Å². The Labute approximate surface area is 529 Å². The Hall–Kier alpha value is -6.13. The molecule has 4 aromatic carbocycles. The van der Waals surface area contributed by atoms with Gasteiger partial charge in [0.05, 0.1) is 62.5 Å². The summed E-state index contributed by atoms with van der Waals surface area (Å²) in [5, 5.41) is 18.1. The number of carbonyl (C=O) groups excluding carboxylic acids is 3. The average Bonchev–Trinajstić information content (AvgIpc) is 1.45. The van der Waals surface area contributed by atoms with Gasteiger partial charge in [0, 0.05) is 6.42 Å². The van der Waals surface area contributed by atoms with Crippen LogP contribution in [-0.4, -0.2) is 50.4 Å². The smallest absolute Gasteiger partial charge is 0.306 e. The van der Waals surface area contributed by atoms with Crippen LogP contribution >= 0.6 is 0 Å². The van der Waals surface area contributed by atoms with Gasteiger partial charge in [-0.25, -0.2) is 0 Å². The molecule has 476 valence electrons. The number of hydrogen-bond donors (Lipinski definition) is 0. The molecule has 0 heterocycles. The first-order valence-corrected chi connectivity index (χ1v) is 34.9. The molecule has 8 rings (SSSR count). The third kappa shape index (κ3) is 20.4. The van der Waals surface area contributed by atoms with Crippen molar-refractivity contribution in [2.24, 2.45) is 46.3 Å². The number of unbranched alkanes of at least 4 members (excludes halogenated alkanes) is 18. The van der Waals surface area contributed by atoms with Gasteiger partial charge < -0.3 is 23.7 Å². The summed E-state index contributed by atoms with van der Waals surface area (Å²) in [6.07, 6.45) is 35.6. The van der Waals surface area contributed by atoms with Crippen molar-refractivity contribution in [2.45, 2.75) is 239 Å². The predicted molar refractivity (Wildman–Crippen MR) is 351 cm³/mol. The minimum atomic E-state index is -0.298. The Bertz CT molecular complexity index is 2800. The van der Waals surface area contributed by atoms with Gasteiger partial charge in [0.1, 0.15) is 17.6 Å². The second kappa shape index (κ2) is 35.9. The van der Waals surface area contributed by atoms with Crippen LogP contribution in [0.2, 0.25) is 0 Å². The summed E-state index contributed by atoms with van der Waals surface area (Å²) in [5.74, 6) is 5.23. The molecule has 10 nitrogen and oxygen atoms in total. The number of benzene rings is 4. The minimum absolute atomic E-state index is 0.0173. The molecule has 0 radical (unpaired) electrons. The quantitative estimate of drug-likeness (QED) is 0.0241. The van der Waals surface area contributed by atoms with Gasteiger partial charge in [-0.1, -0.05) is 172 Å². The van der Waals surface area contributed by atoms with Gasteiger partial charge in [-0.2, -0.15) is 10.5 Å². The molecule has 4 saturated carbocycles. The monoisotopic (exact) mass is 1200 g/mol. The van der Waals surface area contributed by atoms with Crippen molar-refractivity contribution in [3.8, 4) is 45.9 Å². The van der Waals surface area contributed by atoms with E-state index < -0.39 is 0 Å². The lowest BCUT2D eigenvalue weighted by Crippen LogP contribution is -2.54. The molecule has 0 bridgehead atoms. The van der Waals surface area contributed by atoms with E-state index in [0.29, 0.717) is 53.9 Å². The Morgan fingerprint density at radius 1 is 0.455 bits per heavy atom. The molecule has 4 aliphatic carbocycles. The zero-order chi connectivity index (χ0) is 61.8. The SMILES string of the molecule is C[C@H](CCC(=O)OCCCCCCCCCCCCOc1ccc(-c2ccc(C#N)cc2)cc1)[C@H]1CC[C@H]2[C@@H]3CC[C@@H]4C[C@@H](OC(=O)CCC(=O)OCCCCCCCCCCCCOc5ccc(-c6ccc(C#N)cc6)cc5)CC[C@]4(C)[C@H]3CC[C@]12C. The zero-order valence-corrected chi connectivity index (χ0v) is 54.1. The lowest BCUT2D eigenvalue weighted by molar-refractivity contribution is -0.164. The highest BCUT2D eigenvalue weighted by Gasteiger charge is 2.60. The first kappa shape index (κ1) is 67.8. The molecule has 0 aliphatic heterocycles. The normalized spacial score (nSPS) is 23.1. The van der Waals surface area contributed by atoms with Crippen molar-refractivity contribution in [1.29, 1.82) is 10.5 Å². The molecule has 0 amide bonds. The van der Waals surface area contributed by atoms with Gasteiger partial charge in [0.2, 0.25) is 0 Å². The fraction of sp³-hybridized carbons (Fsp3) is 0.628. The van der Waals surface area contributed by atoms with Crippen molar-refractivity contribution >= 4 is 17.9 Å². The van der Waals surface area contributed by atoms with Gasteiger partial charge in [0.25, 0.3) is 0 Å². The first-order valence-electron chi connectivity index (χ1n) is 34.9. The fourth-order valence-corrected chi connectivity index (χ4v) is 16.4. The highest BCUT2D eigenvalue weighted by atomic mass is 16.5. The van der Waals surface area contributed by atoms with Gasteiger partial charge in [-0.15, -0.1) is 0 Å². The average molecular weight is 1200 g/mol. The summed E-state index contributed by atoms with van der Waals surface area (Å²) in [4.78, 5) is 38.5. The Kier molecular flexibility index (Phi) is 27.7. The maximum atomic E-state index is 13.0. The van der Waals surface area contributed by atoms with Gasteiger partial charge in [-0.05, 0) is 207 Å². The number of esters is 3. The maximum absolute atomic E-state index is 13.0. The van der Waals surface area contributed by atoms with E-state index in [4.69, 9.17) is 34.2 Å². The molecular weight excluding hydrogens is 1090 g/mol. The number of nitrogens with zero attached hydrogens (tertiary/aromatic N) is 2. The second-order valence-corrected chi connectivity index (χ2v) is 27.4. The van der Waals surface area contributed by atoms with E-state index in [2.05, 4.69) is 57.2 Å². The van der Waals surface area contributed by atoms with Crippen LogP contribution < -0.4 is 9.47 Å². The van der Waals surface area contributed by atoms with Crippen LogP contribution in [0.5, 0.6) is 11.5 Å². The maximum Gasteiger partial charge on any atom is 0.306 e. The van der Waals surface area contributed by atoms with Crippen molar-refractivity contribution in [3.63, 3.8) is 0 Å². The third-order valence-electron chi connectivity index (χ3n) is 21.6. The van der Waals surface area contributed by atoms with E-state index in [9.17, 15) is 14.4 Å². The summed E-state index contributed by atoms with van der Waals surface area (Å²) < 4.78 is 29.3. The van der Waals surface area contributed by atoms with E-state index >= 15 is 0 Å². The Morgan fingerprint density at radius 2 is 0.852 bits per heavy atom. The number of nitriles is 2. The highest BCUT2D eigenvalue weighted by Crippen LogP contribution is 2.68. The van der Waals surface area contributed by atoms with Crippen LogP contribution in [-0.2, 0) is 28.6 Å². The lowest BCUT2D eigenvalue weighted by atomic mass is 9.44. The van der Waals surface area contributed by atoms with E-state index in [-0.39, 0.29) is 42.3 Å². The van der Waals surface area contributed by atoms with Crippen LogP contribution in [0, 0.1) is 69.0 Å². The van der Waals surface area contributed by atoms with Crippen LogP contribution in [0.4, 0.5) is 0 Å². The summed E-state index contributed by atoms with van der Waals surface area (Å²) >= 11 is 0. The minimum Gasteiger partial charge on any atom is -0.494 e. The molecule has 0 unspecified atom stereocenters. The molecule has 4 aromatic rings. The molecular formula is C78H106N2O8. The molecule has 0 spiro atoms. The summed E-state index contributed by atoms with van der Waals surface area (Å²) in [6.45, 7) is 10.0. The van der Waals surface area contributed by atoms with Crippen LogP contribution in [0.1, 0.15) is 244 Å². The van der Waals surface area contributed by atoms with Crippen molar-refractivity contribution in [1.82, 2.24) is 0 Å². The number of fused-ring (bicyclic) bond motifs is 5.